The molecule has 7 nitrogen and oxygen atoms in total. The van der Waals surface area contributed by atoms with Crippen LogP contribution in [0.4, 0.5) is 0 Å². The minimum Gasteiger partial charge on any atom is -0.748 e. The SMILES string of the molecule is CCCCCCCCCCCCS(=O)(=O)C(C#N)=C/C=C1\SCCN1CCCS(=O)(=O)[O-].[K+]. The molecular weight excluding hydrogens is 508 g/mol. The Balaban J connectivity index is 0.0000102. The number of rotatable bonds is 17. The number of allylic oxidation sites excluding steroid dienone is 3. The van der Waals surface area contributed by atoms with Gasteiger partial charge in [0.05, 0.1) is 20.9 Å². The number of thioether (sulfide) groups is 1. The Morgan fingerprint density at radius 2 is 1.58 bits per heavy atom. The molecule has 0 aromatic carbocycles. The first-order valence-corrected chi connectivity index (χ1v) is 15.8. The maximum absolute atomic E-state index is 12.5. The van der Waals surface area contributed by atoms with Crippen LogP contribution in [0.3, 0.4) is 0 Å². The van der Waals surface area contributed by atoms with E-state index in [9.17, 15) is 26.7 Å². The minimum absolute atomic E-state index is 0. The number of sulfone groups is 1. The van der Waals surface area contributed by atoms with Gasteiger partial charge in [-0.1, -0.05) is 64.7 Å². The van der Waals surface area contributed by atoms with E-state index in [2.05, 4.69) is 6.92 Å². The third-order valence-corrected chi connectivity index (χ3v) is 8.92. The molecule has 184 valence electrons. The van der Waals surface area contributed by atoms with Crippen molar-refractivity contribution in [2.24, 2.45) is 0 Å². The van der Waals surface area contributed by atoms with Gasteiger partial charge in [-0.2, -0.15) is 5.26 Å². The summed E-state index contributed by atoms with van der Waals surface area (Å²) in [5.74, 6) is 0.343. The van der Waals surface area contributed by atoms with E-state index in [4.69, 9.17) is 0 Å². The van der Waals surface area contributed by atoms with Gasteiger partial charge in [0, 0.05) is 24.6 Å². The molecule has 0 atom stereocenters. The van der Waals surface area contributed by atoms with Gasteiger partial charge in [-0.25, -0.2) is 16.8 Å². The van der Waals surface area contributed by atoms with Crippen LogP contribution in [0.1, 0.15) is 77.6 Å². The summed E-state index contributed by atoms with van der Waals surface area (Å²) in [4.78, 5) is 1.67. The summed E-state index contributed by atoms with van der Waals surface area (Å²) in [5, 5.41) is 10.1. The molecule has 0 N–H and O–H groups in total. The molecule has 1 saturated heterocycles. The molecule has 0 radical (unpaired) electrons. The third kappa shape index (κ3) is 16.1. The van der Waals surface area contributed by atoms with Gasteiger partial charge in [-0.15, -0.1) is 11.8 Å². The Morgan fingerprint density at radius 3 is 2.12 bits per heavy atom. The molecule has 0 spiro atoms. The van der Waals surface area contributed by atoms with Crippen LogP contribution >= 0.6 is 11.8 Å². The van der Waals surface area contributed by atoms with Crippen LogP contribution in [0.2, 0.25) is 0 Å². The zero-order valence-corrected chi connectivity index (χ0v) is 25.7. The second kappa shape index (κ2) is 18.8. The first-order valence-electron chi connectivity index (χ1n) is 11.6. The molecule has 1 aliphatic rings. The standard InChI is InChI=1S/C22H38N2O5S3.K/c1-2-3-4-5-6-7-8-9-10-11-18-31(25,26)21(20-23)13-14-22-24(16-17-30-22)15-12-19-32(27,28)29;/h13-14H,2-12,15-19H2,1H3,(H,27,28,29);/q;+1/p-1/b21-13?,22-14-;. The summed E-state index contributed by atoms with van der Waals surface area (Å²) in [5.41, 5.74) is 0. The van der Waals surface area contributed by atoms with Gasteiger partial charge in [-0.3, -0.25) is 0 Å². The number of nitrogens with zero attached hydrogens (tertiary/aromatic N) is 2. The Hall–Kier alpha value is 0.616. The second-order valence-electron chi connectivity index (χ2n) is 8.10. The summed E-state index contributed by atoms with van der Waals surface area (Å²) in [6.07, 6.45) is 14.3. The molecule has 1 fully saturated rings. The van der Waals surface area contributed by atoms with Crippen molar-refractivity contribution >= 4 is 31.7 Å². The summed E-state index contributed by atoms with van der Waals surface area (Å²) in [7, 11) is -7.86. The van der Waals surface area contributed by atoms with Crippen LogP contribution < -0.4 is 51.4 Å². The fraction of sp³-hybridized carbons (Fsp3) is 0.773. The largest absolute Gasteiger partial charge is 1.00 e. The van der Waals surface area contributed by atoms with Crippen molar-refractivity contribution in [3.63, 3.8) is 0 Å². The minimum atomic E-state index is -4.24. The average molecular weight is 545 g/mol. The fourth-order valence-corrected chi connectivity index (χ4v) is 6.27. The van der Waals surface area contributed by atoms with Crippen molar-refractivity contribution in [2.75, 3.05) is 30.3 Å². The molecule has 33 heavy (non-hydrogen) atoms. The summed E-state index contributed by atoms with van der Waals surface area (Å²) in [6, 6.07) is 1.81. The molecule has 0 aliphatic carbocycles. The van der Waals surface area contributed by atoms with Gasteiger partial charge >= 0.3 is 51.4 Å². The van der Waals surface area contributed by atoms with E-state index in [0.717, 1.165) is 30.0 Å². The van der Waals surface area contributed by atoms with Crippen LogP contribution in [0.25, 0.3) is 0 Å². The number of nitriles is 1. The molecule has 0 unspecified atom stereocenters. The molecule has 11 heteroatoms. The zero-order valence-electron chi connectivity index (χ0n) is 20.1. The monoisotopic (exact) mass is 544 g/mol. The second-order valence-corrected chi connectivity index (χ2v) is 12.8. The van der Waals surface area contributed by atoms with E-state index in [-0.39, 0.29) is 68.5 Å². The first-order chi connectivity index (χ1) is 15.2. The van der Waals surface area contributed by atoms with Crippen LogP contribution in [0, 0.1) is 11.3 Å². The van der Waals surface area contributed by atoms with Crippen molar-refractivity contribution in [3.05, 3.63) is 22.1 Å². The predicted octanol–water partition coefficient (Wildman–Crippen LogP) is 1.56. The molecule has 0 aromatic rings. The van der Waals surface area contributed by atoms with Gasteiger partial charge < -0.3 is 9.45 Å². The van der Waals surface area contributed by atoms with E-state index in [1.807, 2.05) is 11.0 Å². The fourth-order valence-electron chi connectivity index (χ4n) is 3.52. The van der Waals surface area contributed by atoms with Crippen molar-refractivity contribution in [1.82, 2.24) is 4.90 Å². The van der Waals surface area contributed by atoms with Crippen LogP contribution in [0.5, 0.6) is 0 Å². The van der Waals surface area contributed by atoms with E-state index >= 15 is 0 Å². The van der Waals surface area contributed by atoms with Crippen LogP contribution in [-0.2, 0) is 20.0 Å². The molecule has 0 amide bonds. The van der Waals surface area contributed by atoms with Gasteiger partial charge in [-0.05, 0) is 25.0 Å². The molecule has 0 bridgehead atoms. The van der Waals surface area contributed by atoms with Crippen molar-refractivity contribution in [2.45, 2.75) is 77.6 Å². The number of hydrogen-bond acceptors (Lipinski definition) is 8. The summed E-state index contributed by atoms with van der Waals surface area (Å²) in [6.45, 7) is 3.30. The maximum Gasteiger partial charge on any atom is 1.00 e. The van der Waals surface area contributed by atoms with Crippen molar-refractivity contribution < 1.29 is 72.8 Å². The van der Waals surface area contributed by atoms with Crippen molar-refractivity contribution in [3.8, 4) is 6.07 Å². The smallest absolute Gasteiger partial charge is 0.748 e. The Morgan fingerprint density at radius 1 is 1.00 bits per heavy atom. The van der Waals surface area contributed by atoms with Gasteiger partial charge in [0.1, 0.15) is 11.0 Å². The zero-order chi connectivity index (χ0) is 23.9. The van der Waals surface area contributed by atoms with Crippen LogP contribution in [-0.4, -0.2) is 56.6 Å². The van der Waals surface area contributed by atoms with E-state index in [1.165, 1.54) is 56.4 Å². The molecule has 0 saturated carbocycles. The average Bonchev–Trinajstić information content (AvgIpc) is 3.16. The number of hydrogen-bond donors (Lipinski definition) is 0. The Labute approximate surface area is 247 Å². The Kier molecular flexibility index (Phi) is 19.2. The van der Waals surface area contributed by atoms with E-state index in [0.29, 0.717) is 19.5 Å². The number of unbranched alkanes of at least 4 members (excludes halogenated alkanes) is 9. The van der Waals surface area contributed by atoms with Crippen LogP contribution in [0.15, 0.2) is 22.1 Å². The molecule has 1 aliphatic heterocycles. The normalized spacial score (nSPS) is 16.1. The van der Waals surface area contributed by atoms with Crippen molar-refractivity contribution in [1.29, 1.82) is 5.26 Å². The Bertz CT molecular complexity index is 865. The topological polar surface area (TPSA) is 118 Å². The van der Waals surface area contributed by atoms with E-state index in [1.54, 1.807) is 6.08 Å². The third-order valence-electron chi connectivity index (χ3n) is 5.33. The van der Waals surface area contributed by atoms with Gasteiger partial charge in [0.25, 0.3) is 0 Å². The van der Waals surface area contributed by atoms with Gasteiger partial charge in [0.15, 0.2) is 9.84 Å². The quantitative estimate of drug-likeness (QED) is 0.117. The van der Waals surface area contributed by atoms with Gasteiger partial charge in [0.2, 0.25) is 0 Å². The molecule has 1 heterocycles. The molecule has 0 aromatic heterocycles. The predicted molar refractivity (Wildman–Crippen MR) is 131 cm³/mol. The summed E-state index contributed by atoms with van der Waals surface area (Å²) >= 11 is 1.52. The molecule has 1 rings (SSSR count). The first kappa shape index (κ1) is 33.6. The summed E-state index contributed by atoms with van der Waals surface area (Å²) < 4.78 is 57.3. The maximum atomic E-state index is 12.5. The molecular formula is C22H37KN2O5S3. The van der Waals surface area contributed by atoms with E-state index < -0.39 is 25.7 Å².